The van der Waals surface area contributed by atoms with Crippen LogP contribution < -0.4 is 10.1 Å². The SMILES string of the molecule is CC(C)NCc1ccccc1OCCN1CCCCC1C. The van der Waals surface area contributed by atoms with E-state index in [0.29, 0.717) is 12.1 Å². The van der Waals surface area contributed by atoms with Crippen LogP contribution in [0.5, 0.6) is 5.75 Å². The molecule has 0 aromatic heterocycles. The van der Waals surface area contributed by atoms with E-state index in [1.54, 1.807) is 0 Å². The van der Waals surface area contributed by atoms with Gasteiger partial charge in [-0.15, -0.1) is 0 Å². The van der Waals surface area contributed by atoms with Crippen molar-refractivity contribution in [3.05, 3.63) is 29.8 Å². The molecule has 3 heteroatoms. The Morgan fingerprint density at radius 2 is 2.10 bits per heavy atom. The number of nitrogens with one attached hydrogen (secondary N) is 1. The summed E-state index contributed by atoms with van der Waals surface area (Å²) in [5.74, 6) is 1.02. The Morgan fingerprint density at radius 3 is 2.86 bits per heavy atom. The van der Waals surface area contributed by atoms with Gasteiger partial charge in [-0.3, -0.25) is 4.90 Å². The molecule has 1 aromatic rings. The summed E-state index contributed by atoms with van der Waals surface area (Å²) in [6.45, 7) is 10.6. The van der Waals surface area contributed by atoms with Crippen molar-refractivity contribution < 1.29 is 4.74 Å². The van der Waals surface area contributed by atoms with Crippen LogP contribution in [0.15, 0.2) is 24.3 Å². The van der Waals surface area contributed by atoms with Crippen LogP contribution in [0.1, 0.15) is 45.6 Å². The van der Waals surface area contributed by atoms with Gasteiger partial charge in [0, 0.05) is 30.7 Å². The summed E-state index contributed by atoms with van der Waals surface area (Å²) in [5, 5.41) is 3.46. The normalized spacial score (nSPS) is 19.9. The van der Waals surface area contributed by atoms with Gasteiger partial charge in [0.05, 0.1) is 0 Å². The standard InChI is InChI=1S/C18H30N2O/c1-15(2)19-14-17-9-4-5-10-18(17)21-13-12-20-11-7-6-8-16(20)3/h4-5,9-10,15-16,19H,6-8,11-14H2,1-3H3. The van der Waals surface area contributed by atoms with Gasteiger partial charge in [0.15, 0.2) is 0 Å². The maximum atomic E-state index is 6.04. The smallest absolute Gasteiger partial charge is 0.123 e. The molecule has 3 nitrogen and oxygen atoms in total. The lowest BCUT2D eigenvalue weighted by atomic mass is 10.0. The molecular weight excluding hydrogens is 260 g/mol. The van der Waals surface area contributed by atoms with Crippen LogP contribution in [0, 0.1) is 0 Å². The van der Waals surface area contributed by atoms with E-state index in [9.17, 15) is 0 Å². The van der Waals surface area contributed by atoms with Crippen molar-refractivity contribution in [1.82, 2.24) is 10.2 Å². The zero-order chi connectivity index (χ0) is 15.1. The van der Waals surface area contributed by atoms with Gasteiger partial charge in [0.1, 0.15) is 12.4 Å². The zero-order valence-electron chi connectivity index (χ0n) is 13.8. The third kappa shape index (κ3) is 5.33. The van der Waals surface area contributed by atoms with E-state index >= 15 is 0 Å². The fraction of sp³-hybridized carbons (Fsp3) is 0.667. The summed E-state index contributed by atoms with van der Waals surface area (Å²) in [6.07, 6.45) is 4.04. The van der Waals surface area contributed by atoms with Crippen LogP contribution in [0.2, 0.25) is 0 Å². The number of para-hydroxylation sites is 1. The molecule has 0 aliphatic carbocycles. The summed E-state index contributed by atoms with van der Waals surface area (Å²) in [4.78, 5) is 2.55. The maximum Gasteiger partial charge on any atom is 0.123 e. The van der Waals surface area contributed by atoms with Crippen molar-refractivity contribution in [3.8, 4) is 5.75 Å². The molecule has 0 amide bonds. The molecule has 1 heterocycles. The van der Waals surface area contributed by atoms with Gasteiger partial charge in [0.2, 0.25) is 0 Å². The first-order valence-electron chi connectivity index (χ1n) is 8.35. The lowest BCUT2D eigenvalue weighted by Crippen LogP contribution is -2.39. The Hall–Kier alpha value is -1.06. The second-order valence-corrected chi connectivity index (χ2v) is 6.37. The molecule has 1 saturated heterocycles. The van der Waals surface area contributed by atoms with E-state index in [4.69, 9.17) is 4.74 Å². The quantitative estimate of drug-likeness (QED) is 0.832. The van der Waals surface area contributed by atoms with Crippen molar-refractivity contribution >= 4 is 0 Å². The Morgan fingerprint density at radius 1 is 1.29 bits per heavy atom. The molecule has 0 radical (unpaired) electrons. The molecule has 0 saturated carbocycles. The number of piperidine rings is 1. The van der Waals surface area contributed by atoms with Crippen LogP contribution in [-0.2, 0) is 6.54 Å². The van der Waals surface area contributed by atoms with Crippen LogP contribution in [0.4, 0.5) is 0 Å². The van der Waals surface area contributed by atoms with Gasteiger partial charge in [-0.2, -0.15) is 0 Å². The predicted molar refractivity (Wildman–Crippen MR) is 88.8 cm³/mol. The number of rotatable bonds is 7. The molecule has 1 N–H and O–H groups in total. The minimum Gasteiger partial charge on any atom is -0.492 e. The summed E-state index contributed by atoms with van der Waals surface area (Å²) < 4.78 is 6.04. The molecular formula is C18H30N2O. The molecule has 21 heavy (non-hydrogen) atoms. The van der Waals surface area contributed by atoms with Crippen LogP contribution in [0.3, 0.4) is 0 Å². The van der Waals surface area contributed by atoms with Gasteiger partial charge in [0.25, 0.3) is 0 Å². The predicted octanol–water partition coefficient (Wildman–Crippen LogP) is 3.44. The highest BCUT2D eigenvalue weighted by Crippen LogP contribution is 2.19. The van der Waals surface area contributed by atoms with E-state index in [1.807, 2.05) is 0 Å². The van der Waals surface area contributed by atoms with Crippen LogP contribution in [0.25, 0.3) is 0 Å². The van der Waals surface area contributed by atoms with Crippen LogP contribution in [-0.4, -0.2) is 36.7 Å². The van der Waals surface area contributed by atoms with E-state index in [1.165, 1.54) is 31.4 Å². The number of likely N-dealkylation sites (tertiary alicyclic amines) is 1. The number of nitrogens with zero attached hydrogens (tertiary/aromatic N) is 1. The molecule has 1 aliphatic rings. The minimum absolute atomic E-state index is 0.493. The van der Waals surface area contributed by atoms with Crippen molar-refractivity contribution in [2.24, 2.45) is 0 Å². The fourth-order valence-corrected chi connectivity index (χ4v) is 2.87. The second kappa shape index (κ2) is 8.40. The Labute approximate surface area is 129 Å². The first-order valence-corrected chi connectivity index (χ1v) is 8.35. The highest BCUT2D eigenvalue weighted by molar-refractivity contribution is 5.33. The average Bonchev–Trinajstić information content (AvgIpc) is 2.48. The van der Waals surface area contributed by atoms with Gasteiger partial charge < -0.3 is 10.1 Å². The third-order valence-corrected chi connectivity index (χ3v) is 4.25. The molecule has 118 valence electrons. The van der Waals surface area contributed by atoms with Crippen molar-refractivity contribution in [2.75, 3.05) is 19.7 Å². The van der Waals surface area contributed by atoms with E-state index in [-0.39, 0.29) is 0 Å². The first-order chi connectivity index (χ1) is 10.2. The van der Waals surface area contributed by atoms with Gasteiger partial charge in [-0.1, -0.05) is 38.5 Å². The largest absolute Gasteiger partial charge is 0.492 e. The lowest BCUT2D eigenvalue weighted by molar-refractivity contribution is 0.133. The van der Waals surface area contributed by atoms with Crippen LogP contribution >= 0.6 is 0 Å². The number of benzene rings is 1. The summed E-state index contributed by atoms with van der Waals surface area (Å²) in [5.41, 5.74) is 1.25. The molecule has 0 spiro atoms. The molecule has 0 bridgehead atoms. The molecule has 1 aliphatic heterocycles. The fourth-order valence-electron chi connectivity index (χ4n) is 2.87. The van der Waals surface area contributed by atoms with Gasteiger partial charge in [-0.25, -0.2) is 0 Å². The second-order valence-electron chi connectivity index (χ2n) is 6.37. The number of hydrogen-bond acceptors (Lipinski definition) is 3. The number of ether oxygens (including phenoxy) is 1. The van der Waals surface area contributed by atoms with E-state index in [2.05, 4.69) is 55.3 Å². The lowest BCUT2D eigenvalue weighted by Gasteiger charge is -2.33. The Bertz CT molecular complexity index is 419. The van der Waals surface area contributed by atoms with Gasteiger partial charge in [-0.05, 0) is 32.4 Å². The van der Waals surface area contributed by atoms with E-state index < -0.39 is 0 Å². The van der Waals surface area contributed by atoms with Crippen molar-refractivity contribution in [3.63, 3.8) is 0 Å². The summed E-state index contributed by atoms with van der Waals surface area (Å²) in [7, 11) is 0. The molecule has 1 aromatic carbocycles. The molecule has 2 rings (SSSR count). The minimum atomic E-state index is 0.493. The number of hydrogen-bond donors (Lipinski definition) is 1. The first kappa shape index (κ1) is 16.3. The monoisotopic (exact) mass is 290 g/mol. The Balaban J connectivity index is 1.82. The third-order valence-electron chi connectivity index (χ3n) is 4.25. The van der Waals surface area contributed by atoms with Crippen molar-refractivity contribution in [2.45, 2.75) is 58.7 Å². The molecule has 1 fully saturated rings. The van der Waals surface area contributed by atoms with Crippen molar-refractivity contribution in [1.29, 1.82) is 0 Å². The molecule has 1 atom stereocenters. The highest BCUT2D eigenvalue weighted by atomic mass is 16.5. The molecule has 1 unspecified atom stereocenters. The maximum absolute atomic E-state index is 6.04. The van der Waals surface area contributed by atoms with Gasteiger partial charge >= 0.3 is 0 Å². The Kier molecular flexibility index (Phi) is 6.52. The summed E-state index contributed by atoms with van der Waals surface area (Å²) in [6, 6.07) is 9.56. The topological polar surface area (TPSA) is 24.5 Å². The van der Waals surface area contributed by atoms with E-state index in [0.717, 1.165) is 25.4 Å². The zero-order valence-corrected chi connectivity index (χ0v) is 13.8. The summed E-state index contributed by atoms with van der Waals surface area (Å²) >= 11 is 0. The highest BCUT2D eigenvalue weighted by Gasteiger charge is 2.17. The average molecular weight is 290 g/mol.